The summed E-state index contributed by atoms with van der Waals surface area (Å²) in [6, 6.07) is -0.820. The van der Waals surface area contributed by atoms with Crippen molar-refractivity contribution in [2.75, 3.05) is 7.11 Å². The summed E-state index contributed by atoms with van der Waals surface area (Å²) >= 11 is 0. The minimum atomic E-state index is -1.01. The molecule has 0 saturated heterocycles. The van der Waals surface area contributed by atoms with Crippen LogP contribution in [0.1, 0.15) is 26.2 Å². The standard InChI is InChI=1S/C10H17NO4/c1-6(10(13)14)11-9(12)7-3-4-8(5-7)15-2/h6-8H,3-5H2,1-2H3,(H,11,12)(H,13,14)/t6-,7-,8-/m1/s1. The molecular formula is C10H17NO4. The lowest BCUT2D eigenvalue weighted by molar-refractivity contribution is -0.141. The number of carbonyl (C=O) groups is 2. The van der Waals surface area contributed by atoms with Crippen LogP contribution in [0.15, 0.2) is 0 Å². The number of amides is 1. The fourth-order valence-electron chi connectivity index (χ4n) is 1.79. The molecule has 0 radical (unpaired) electrons. The van der Waals surface area contributed by atoms with E-state index in [9.17, 15) is 9.59 Å². The number of ether oxygens (including phenoxy) is 1. The van der Waals surface area contributed by atoms with Crippen molar-refractivity contribution < 1.29 is 19.4 Å². The third-order valence-electron chi connectivity index (χ3n) is 2.82. The van der Waals surface area contributed by atoms with Gasteiger partial charge < -0.3 is 15.2 Å². The lowest BCUT2D eigenvalue weighted by Gasteiger charge is -2.13. The molecule has 1 saturated carbocycles. The highest BCUT2D eigenvalue weighted by molar-refractivity contribution is 5.84. The summed E-state index contributed by atoms with van der Waals surface area (Å²) in [5, 5.41) is 11.1. The van der Waals surface area contributed by atoms with Gasteiger partial charge in [0.15, 0.2) is 0 Å². The van der Waals surface area contributed by atoms with Gasteiger partial charge in [-0.1, -0.05) is 0 Å². The van der Waals surface area contributed by atoms with Crippen LogP contribution >= 0.6 is 0 Å². The predicted octanol–water partition coefficient (Wildman–Crippen LogP) is 0.391. The first kappa shape index (κ1) is 12.0. The molecule has 0 aromatic heterocycles. The molecule has 1 aliphatic carbocycles. The molecule has 3 atom stereocenters. The lowest BCUT2D eigenvalue weighted by Crippen LogP contribution is -2.41. The SMILES string of the molecule is CO[C@@H]1CC[C@@H](C(=O)N[C@H](C)C(=O)O)C1. The number of nitrogens with one attached hydrogen (secondary N) is 1. The van der Waals surface area contributed by atoms with E-state index >= 15 is 0 Å². The van der Waals surface area contributed by atoms with E-state index in [1.54, 1.807) is 7.11 Å². The van der Waals surface area contributed by atoms with Gasteiger partial charge in [0, 0.05) is 13.0 Å². The quantitative estimate of drug-likeness (QED) is 0.711. The second-order valence-electron chi connectivity index (χ2n) is 3.94. The molecule has 1 amide bonds. The van der Waals surface area contributed by atoms with Crippen LogP contribution in [-0.4, -0.2) is 36.2 Å². The van der Waals surface area contributed by atoms with Crippen molar-refractivity contribution in [3.63, 3.8) is 0 Å². The molecule has 1 rings (SSSR count). The second-order valence-corrected chi connectivity index (χ2v) is 3.94. The van der Waals surface area contributed by atoms with Gasteiger partial charge >= 0.3 is 5.97 Å². The van der Waals surface area contributed by atoms with Crippen molar-refractivity contribution in [3.8, 4) is 0 Å². The molecule has 0 heterocycles. The Balaban J connectivity index is 2.38. The number of carboxylic acid groups (broad SMARTS) is 1. The number of carbonyl (C=O) groups excluding carboxylic acids is 1. The first-order chi connectivity index (χ1) is 7.04. The van der Waals surface area contributed by atoms with Gasteiger partial charge in [-0.2, -0.15) is 0 Å². The largest absolute Gasteiger partial charge is 0.480 e. The monoisotopic (exact) mass is 215 g/mol. The van der Waals surface area contributed by atoms with Crippen LogP contribution in [0.3, 0.4) is 0 Å². The summed E-state index contributed by atoms with van der Waals surface area (Å²) in [5.74, 6) is -1.29. The molecule has 0 unspecified atom stereocenters. The molecule has 5 nitrogen and oxygen atoms in total. The van der Waals surface area contributed by atoms with Gasteiger partial charge in [0.25, 0.3) is 0 Å². The fraction of sp³-hybridized carbons (Fsp3) is 0.800. The zero-order chi connectivity index (χ0) is 11.4. The number of methoxy groups -OCH3 is 1. The summed E-state index contributed by atoms with van der Waals surface area (Å²) in [5.41, 5.74) is 0. The Hall–Kier alpha value is -1.10. The molecule has 0 aliphatic heterocycles. The highest BCUT2D eigenvalue weighted by Crippen LogP contribution is 2.27. The topological polar surface area (TPSA) is 75.6 Å². The maximum atomic E-state index is 11.6. The van der Waals surface area contributed by atoms with Gasteiger partial charge in [0.2, 0.25) is 5.91 Å². The minimum Gasteiger partial charge on any atom is -0.480 e. The van der Waals surface area contributed by atoms with Crippen molar-refractivity contribution in [2.45, 2.75) is 38.3 Å². The third kappa shape index (κ3) is 3.20. The van der Waals surface area contributed by atoms with E-state index in [0.717, 1.165) is 12.8 Å². The molecule has 86 valence electrons. The third-order valence-corrected chi connectivity index (χ3v) is 2.82. The number of hydrogen-bond acceptors (Lipinski definition) is 3. The molecule has 1 aliphatic rings. The molecule has 0 aromatic carbocycles. The first-order valence-corrected chi connectivity index (χ1v) is 5.10. The van der Waals surface area contributed by atoms with Gasteiger partial charge in [0.05, 0.1) is 6.10 Å². The van der Waals surface area contributed by atoms with Crippen LogP contribution in [0.4, 0.5) is 0 Å². The number of hydrogen-bond donors (Lipinski definition) is 2. The summed E-state index contributed by atoms with van der Waals surface area (Å²) < 4.78 is 5.15. The number of aliphatic carboxylic acids is 1. The summed E-state index contributed by atoms with van der Waals surface area (Å²) in [6.45, 7) is 1.46. The average Bonchev–Trinajstić information content (AvgIpc) is 2.65. The van der Waals surface area contributed by atoms with E-state index < -0.39 is 12.0 Å². The molecular weight excluding hydrogens is 198 g/mol. The van der Waals surface area contributed by atoms with Crippen LogP contribution in [0.25, 0.3) is 0 Å². The molecule has 0 bridgehead atoms. The van der Waals surface area contributed by atoms with E-state index in [0.29, 0.717) is 6.42 Å². The Morgan fingerprint density at radius 3 is 2.60 bits per heavy atom. The van der Waals surface area contributed by atoms with E-state index in [1.165, 1.54) is 6.92 Å². The van der Waals surface area contributed by atoms with Crippen LogP contribution in [-0.2, 0) is 14.3 Å². The normalized spacial score (nSPS) is 27.3. The molecule has 2 N–H and O–H groups in total. The Morgan fingerprint density at radius 1 is 1.47 bits per heavy atom. The first-order valence-electron chi connectivity index (χ1n) is 5.10. The zero-order valence-electron chi connectivity index (χ0n) is 9.03. The highest BCUT2D eigenvalue weighted by atomic mass is 16.5. The van der Waals surface area contributed by atoms with Gasteiger partial charge in [-0.15, -0.1) is 0 Å². The summed E-state index contributed by atoms with van der Waals surface area (Å²) in [6.07, 6.45) is 2.47. The van der Waals surface area contributed by atoms with Crippen LogP contribution in [0, 0.1) is 5.92 Å². The summed E-state index contributed by atoms with van der Waals surface area (Å²) in [7, 11) is 1.63. The van der Waals surface area contributed by atoms with E-state index in [2.05, 4.69) is 5.32 Å². The van der Waals surface area contributed by atoms with Gasteiger partial charge in [-0.3, -0.25) is 9.59 Å². The second kappa shape index (κ2) is 5.11. The minimum absolute atomic E-state index is 0.100. The van der Waals surface area contributed by atoms with Crippen molar-refractivity contribution >= 4 is 11.9 Å². The maximum Gasteiger partial charge on any atom is 0.325 e. The highest BCUT2D eigenvalue weighted by Gasteiger charge is 2.31. The lowest BCUT2D eigenvalue weighted by atomic mass is 10.1. The molecule has 0 aromatic rings. The Morgan fingerprint density at radius 2 is 2.13 bits per heavy atom. The van der Waals surface area contributed by atoms with Crippen LogP contribution in [0.5, 0.6) is 0 Å². The van der Waals surface area contributed by atoms with E-state index in [1.807, 2.05) is 0 Å². The maximum absolute atomic E-state index is 11.6. The van der Waals surface area contributed by atoms with Crippen molar-refractivity contribution in [3.05, 3.63) is 0 Å². The van der Waals surface area contributed by atoms with Crippen molar-refractivity contribution in [2.24, 2.45) is 5.92 Å². The van der Waals surface area contributed by atoms with Crippen molar-refractivity contribution in [1.82, 2.24) is 5.32 Å². The molecule has 15 heavy (non-hydrogen) atoms. The Bertz CT molecular complexity index is 254. The molecule has 0 spiro atoms. The average molecular weight is 215 g/mol. The van der Waals surface area contributed by atoms with Gasteiger partial charge in [-0.05, 0) is 26.2 Å². The van der Waals surface area contributed by atoms with Crippen molar-refractivity contribution in [1.29, 1.82) is 0 Å². The smallest absolute Gasteiger partial charge is 0.325 e. The zero-order valence-corrected chi connectivity index (χ0v) is 9.03. The Kier molecular flexibility index (Phi) is 4.08. The summed E-state index contributed by atoms with van der Waals surface area (Å²) in [4.78, 5) is 22.1. The fourth-order valence-corrected chi connectivity index (χ4v) is 1.79. The van der Waals surface area contributed by atoms with Crippen LogP contribution in [0.2, 0.25) is 0 Å². The van der Waals surface area contributed by atoms with E-state index in [4.69, 9.17) is 9.84 Å². The number of rotatable bonds is 4. The number of carboxylic acids is 1. The predicted molar refractivity (Wildman–Crippen MR) is 53.4 cm³/mol. The van der Waals surface area contributed by atoms with Gasteiger partial charge in [0.1, 0.15) is 6.04 Å². The molecule has 1 fully saturated rings. The van der Waals surface area contributed by atoms with Gasteiger partial charge in [-0.25, -0.2) is 0 Å². The Labute approximate surface area is 88.8 Å². The van der Waals surface area contributed by atoms with E-state index in [-0.39, 0.29) is 17.9 Å². The van der Waals surface area contributed by atoms with Crippen LogP contribution < -0.4 is 5.32 Å². The molecule has 5 heteroatoms.